The second-order valence-electron chi connectivity index (χ2n) is 6.45. The monoisotopic (exact) mass is 256 g/mol. The van der Waals surface area contributed by atoms with Crippen molar-refractivity contribution in [2.75, 3.05) is 26.7 Å². The highest BCUT2D eigenvalue weighted by Crippen LogP contribution is 2.38. The molecule has 0 saturated carbocycles. The minimum absolute atomic E-state index is 0.150. The first-order valence-corrected chi connectivity index (χ1v) is 7.48. The first-order chi connectivity index (χ1) is 8.44. The zero-order valence-corrected chi connectivity index (χ0v) is 12.9. The standard InChI is InChI=1S/C15H32N2O/c1-6-15(7-2)8-9-17(11-15)13(3)10-14(4,12-18)16-5/h13,16,18H,6-12H2,1-5H3. The summed E-state index contributed by atoms with van der Waals surface area (Å²) in [5.74, 6) is 0. The third-order valence-corrected chi connectivity index (χ3v) is 5.29. The fourth-order valence-electron chi connectivity index (χ4n) is 3.20. The van der Waals surface area contributed by atoms with Crippen molar-refractivity contribution in [3.05, 3.63) is 0 Å². The number of likely N-dealkylation sites (tertiary alicyclic amines) is 1. The molecule has 2 atom stereocenters. The molecule has 0 aromatic rings. The zero-order chi connectivity index (χ0) is 13.8. The van der Waals surface area contributed by atoms with Crippen molar-refractivity contribution in [3.8, 4) is 0 Å². The van der Waals surface area contributed by atoms with Crippen molar-refractivity contribution >= 4 is 0 Å². The first kappa shape index (κ1) is 15.9. The third-order valence-electron chi connectivity index (χ3n) is 5.29. The number of nitrogens with one attached hydrogen (secondary N) is 1. The number of hydrogen-bond donors (Lipinski definition) is 2. The Labute approximate surface area is 113 Å². The molecule has 3 nitrogen and oxygen atoms in total. The van der Waals surface area contributed by atoms with E-state index in [9.17, 15) is 5.11 Å². The molecule has 0 spiro atoms. The second-order valence-corrected chi connectivity index (χ2v) is 6.45. The van der Waals surface area contributed by atoms with Gasteiger partial charge in [0.15, 0.2) is 0 Å². The van der Waals surface area contributed by atoms with E-state index in [-0.39, 0.29) is 12.1 Å². The van der Waals surface area contributed by atoms with Crippen LogP contribution in [-0.2, 0) is 0 Å². The van der Waals surface area contributed by atoms with E-state index in [4.69, 9.17) is 0 Å². The Morgan fingerprint density at radius 1 is 1.39 bits per heavy atom. The van der Waals surface area contributed by atoms with Crippen LogP contribution in [-0.4, -0.2) is 48.3 Å². The highest BCUT2D eigenvalue weighted by atomic mass is 16.3. The molecule has 2 N–H and O–H groups in total. The van der Waals surface area contributed by atoms with Crippen molar-refractivity contribution in [2.45, 2.75) is 65.0 Å². The molecular weight excluding hydrogens is 224 g/mol. The molecule has 1 aliphatic rings. The number of nitrogens with zero attached hydrogens (tertiary/aromatic N) is 1. The van der Waals surface area contributed by atoms with Crippen molar-refractivity contribution in [3.63, 3.8) is 0 Å². The van der Waals surface area contributed by atoms with Crippen LogP contribution in [0.25, 0.3) is 0 Å². The van der Waals surface area contributed by atoms with Gasteiger partial charge >= 0.3 is 0 Å². The molecule has 0 aromatic heterocycles. The molecule has 1 rings (SSSR count). The molecule has 0 bridgehead atoms. The fraction of sp³-hybridized carbons (Fsp3) is 1.00. The van der Waals surface area contributed by atoms with Crippen LogP contribution in [0.4, 0.5) is 0 Å². The Kier molecular flexibility index (Phi) is 5.63. The van der Waals surface area contributed by atoms with Gasteiger partial charge < -0.3 is 15.3 Å². The van der Waals surface area contributed by atoms with E-state index in [1.165, 1.54) is 32.4 Å². The van der Waals surface area contributed by atoms with Gasteiger partial charge in [0.05, 0.1) is 6.61 Å². The van der Waals surface area contributed by atoms with Crippen LogP contribution in [0.3, 0.4) is 0 Å². The molecule has 3 heteroatoms. The first-order valence-electron chi connectivity index (χ1n) is 7.48. The maximum Gasteiger partial charge on any atom is 0.0611 e. The highest BCUT2D eigenvalue weighted by Gasteiger charge is 2.38. The van der Waals surface area contributed by atoms with Gasteiger partial charge in [0, 0.05) is 18.1 Å². The maximum atomic E-state index is 9.49. The molecule has 0 aliphatic carbocycles. The van der Waals surface area contributed by atoms with Crippen LogP contribution in [0, 0.1) is 5.41 Å². The summed E-state index contributed by atoms with van der Waals surface area (Å²) in [6.45, 7) is 11.7. The average molecular weight is 256 g/mol. The number of hydrogen-bond acceptors (Lipinski definition) is 3. The summed E-state index contributed by atoms with van der Waals surface area (Å²) in [5, 5.41) is 12.7. The largest absolute Gasteiger partial charge is 0.394 e. The summed E-state index contributed by atoms with van der Waals surface area (Å²) < 4.78 is 0. The lowest BCUT2D eigenvalue weighted by Crippen LogP contribution is -2.49. The van der Waals surface area contributed by atoms with Crippen molar-refractivity contribution in [1.82, 2.24) is 10.2 Å². The quantitative estimate of drug-likeness (QED) is 0.733. The molecule has 0 amide bonds. The van der Waals surface area contributed by atoms with E-state index in [0.717, 1.165) is 6.42 Å². The summed E-state index contributed by atoms with van der Waals surface area (Å²) in [6, 6.07) is 0.537. The van der Waals surface area contributed by atoms with Gasteiger partial charge in [-0.25, -0.2) is 0 Å². The van der Waals surface area contributed by atoms with Crippen LogP contribution in [0.1, 0.15) is 53.4 Å². The predicted octanol–water partition coefficient (Wildman–Crippen LogP) is 2.25. The maximum absolute atomic E-state index is 9.49. The lowest BCUT2D eigenvalue weighted by atomic mass is 9.82. The van der Waals surface area contributed by atoms with Gasteiger partial charge in [-0.05, 0) is 58.5 Å². The number of rotatable bonds is 7. The van der Waals surface area contributed by atoms with Crippen LogP contribution < -0.4 is 5.32 Å². The smallest absolute Gasteiger partial charge is 0.0611 e. The van der Waals surface area contributed by atoms with Gasteiger partial charge in [0.25, 0.3) is 0 Å². The second kappa shape index (κ2) is 6.36. The summed E-state index contributed by atoms with van der Waals surface area (Å²) in [4.78, 5) is 2.61. The molecule has 1 aliphatic heterocycles. The number of aliphatic hydroxyl groups is 1. The Hall–Kier alpha value is -0.120. The van der Waals surface area contributed by atoms with E-state index in [0.29, 0.717) is 11.5 Å². The molecule has 0 aromatic carbocycles. The molecule has 1 heterocycles. The van der Waals surface area contributed by atoms with Crippen LogP contribution in [0.5, 0.6) is 0 Å². The summed E-state index contributed by atoms with van der Waals surface area (Å²) in [5.41, 5.74) is 0.395. The average Bonchev–Trinajstić information content (AvgIpc) is 2.84. The highest BCUT2D eigenvalue weighted by molar-refractivity contribution is 4.93. The van der Waals surface area contributed by atoms with Gasteiger partial charge in [0.1, 0.15) is 0 Å². The molecule has 108 valence electrons. The lowest BCUT2D eigenvalue weighted by molar-refractivity contribution is 0.123. The Bertz CT molecular complexity index is 247. The molecule has 0 radical (unpaired) electrons. The van der Waals surface area contributed by atoms with E-state index in [1.54, 1.807) is 0 Å². The van der Waals surface area contributed by atoms with Gasteiger partial charge in [-0.15, -0.1) is 0 Å². The van der Waals surface area contributed by atoms with Gasteiger partial charge in [0.2, 0.25) is 0 Å². The van der Waals surface area contributed by atoms with Gasteiger partial charge in [-0.1, -0.05) is 13.8 Å². The van der Waals surface area contributed by atoms with Crippen LogP contribution >= 0.6 is 0 Å². The third kappa shape index (κ3) is 3.46. The Morgan fingerprint density at radius 3 is 2.39 bits per heavy atom. The van der Waals surface area contributed by atoms with E-state index >= 15 is 0 Å². The summed E-state index contributed by atoms with van der Waals surface area (Å²) in [7, 11) is 1.94. The van der Waals surface area contributed by atoms with Gasteiger partial charge in [-0.3, -0.25) is 0 Å². The zero-order valence-electron chi connectivity index (χ0n) is 12.9. The minimum atomic E-state index is -0.150. The molecular formula is C15H32N2O. The Morgan fingerprint density at radius 2 is 2.00 bits per heavy atom. The molecule has 1 saturated heterocycles. The van der Waals surface area contributed by atoms with Crippen molar-refractivity contribution in [2.24, 2.45) is 5.41 Å². The van der Waals surface area contributed by atoms with E-state index < -0.39 is 0 Å². The summed E-state index contributed by atoms with van der Waals surface area (Å²) >= 11 is 0. The predicted molar refractivity (Wildman–Crippen MR) is 77.8 cm³/mol. The normalized spacial score (nSPS) is 25.0. The molecule has 1 fully saturated rings. The topological polar surface area (TPSA) is 35.5 Å². The number of likely N-dealkylation sites (N-methyl/N-ethyl adjacent to an activating group) is 1. The van der Waals surface area contributed by atoms with Crippen molar-refractivity contribution < 1.29 is 5.11 Å². The van der Waals surface area contributed by atoms with Crippen molar-refractivity contribution in [1.29, 1.82) is 0 Å². The molecule has 2 unspecified atom stereocenters. The minimum Gasteiger partial charge on any atom is -0.394 e. The Balaban J connectivity index is 2.57. The van der Waals surface area contributed by atoms with Gasteiger partial charge in [-0.2, -0.15) is 0 Å². The van der Waals surface area contributed by atoms with E-state index in [2.05, 4.69) is 37.9 Å². The molecule has 18 heavy (non-hydrogen) atoms. The van der Waals surface area contributed by atoms with Crippen LogP contribution in [0.15, 0.2) is 0 Å². The van der Waals surface area contributed by atoms with Crippen LogP contribution in [0.2, 0.25) is 0 Å². The SMILES string of the molecule is CCC1(CC)CCN(C(C)CC(C)(CO)NC)C1. The fourth-order valence-corrected chi connectivity index (χ4v) is 3.20. The summed E-state index contributed by atoms with van der Waals surface area (Å²) in [6.07, 6.45) is 4.91. The number of aliphatic hydroxyl groups excluding tert-OH is 1. The van der Waals surface area contributed by atoms with E-state index in [1.807, 2.05) is 7.05 Å². The lowest BCUT2D eigenvalue weighted by Gasteiger charge is -2.35.